The van der Waals surface area contributed by atoms with Crippen molar-refractivity contribution in [2.75, 3.05) is 0 Å². The van der Waals surface area contributed by atoms with Gasteiger partial charge >= 0.3 is 0 Å². The molecule has 0 aromatic carbocycles. The van der Waals surface area contributed by atoms with E-state index < -0.39 is 0 Å². The predicted octanol–water partition coefficient (Wildman–Crippen LogP) is 13.4. The molecule has 0 fully saturated rings. The molecule has 0 rings (SSSR count). The van der Waals surface area contributed by atoms with Crippen LogP contribution < -0.4 is 0 Å². The van der Waals surface area contributed by atoms with Crippen LogP contribution in [0.1, 0.15) is 144 Å². The first kappa shape index (κ1) is 37.4. The van der Waals surface area contributed by atoms with Crippen LogP contribution in [0.25, 0.3) is 0 Å². The Morgan fingerprint density at radius 3 is 2.15 bits per heavy atom. The topological polar surface area (TPSA) is 0 Å². The highest BCUT2D eigenvalue weighted by Gasteiger charge is 2.14. The third-order valence-corrected chi connectivity index (χ3v) is 8.52. The van der Waals surface area contributed by atoms with Crippen LogP contribution in [0, 0.1) is 30.1 Å². The molecule has 0 saturated carbocycles. The van der Waals surface area contributed by atoms with Crippen LogP contribution in [-0.2, 0) is 0 Å². The zero-order chi connectivity index (χ0) is 29.1. The highest BCUT2D eigenvalue weighted by molar-refractivity contribution is 5.30. The van der Waals surface area contributed by atoms with E-state index in [9.17, 15) is 0 Å². The van der Waals surface area contributed by atoms with E-state index in [0.29, 0.717) is 11.8 Å². The standard InChI is InChI=1S/C39H67/c1-9-15-20-28-38(26-16-10-2)31-24-23-30-37(25-12-4)29-22-19-18-21-27-36(13-5)33-34(7)35(8)39(14-6)32-17-11-3/h9-11,14,16,21,26-27,34,36-38H,2-3,8,12-13,15,17-20,22-25,28-33H2,1,4-7H3/q-1/b26-16-,27-21-,39-14-. The summed E-state index contributed by atoms with van der Waals surface area (Å²) in [5, 5.41) is 0. The molecule has 224 valence electrons. The van der Waals surface area contributed by atoms with Crippen molar-refractivity contribution >= 4 is 0 Å². The molecule has 0 saturated heterocycles. The summed E-state index contributed by atoms with van der Waals surface area (Å²) in [7, 11) is 0. The molecule has 0 amide bonds. The lowest BCUT2D eigenvalue weighted by Crippen LogP contribution is -2.07. The molecule has 39 heavy (non-hydrogen) atoms. The van der Waals surface area contributed by atoms with Gasteiger partial charge in [0.1, 0.15) is 0 Å². The summed E-state index contributed by atoms with van der Waals surface area (Å²) in [6, 6.07) is 0. The van der Waals surface area contributed by atoms with Crippen molar-refractivity contribution in [1.82, 2.24) is 0 Å². The zero-order valence-electron chi connectivity index (χ0n) is 27.1. The van der Waals surface area contributed by atoms with Crippen molar-refractivity contribution in [3.05, 3.63) is 79.8 Å². The molecule has 4 unspecified atom stereocenters. The van der Waals surface area contributed by atoms with Gasteiger partial charge in [0.15, 0.2) is 0 Å². The fourth-order valence-corrected chi connectivity index (χ4v) is 5.86. The Morgan fingerprint density at radius 1 is 0.846 bits per heavy atom. The normalized spacial score (nSPS) is 15.5. The fourth-order valence-electron chi connectivity index (χ4n) is 5.86. The van der Waals surface area contributed by atoms with E-state index in [1.165, 1.54) is 107 Å². The molecular formula is C39H67-. The van der Waals surface area contributed by atoms with Crippen molar-refractivity contribution in [1.29, 1.82) is 0 Å². The highest BCUT2D eigenvalue weighted by Crippen LogP contribution is 2.29. The van der Waals surface area contributed by atoms with Gasteiger partial charge in [0.25, 0.3) is 0 Å². The average molecular weight is 536 g/mol. The Kier molecular flexibility index (Phi) is 25.6. The predicted molar refractivity (Wildman–Crippen MR) is 181 cm³/mol. The van der Waals surface area contributed by atoms with Crippen LogP contribution >= 0.6 is 0 Å². The van der Waals surface area contributed by atoms with Crippen molar-refractivity contribution in [2.24, 2.45) is 23.7 Å². The van der Waals surface area contributed by atoms with Gasteiger partial charge in [-0.3, -0.25) is 0 Å². The van der Waals surface area contributed by atoms with E-state index in [-0.39, 0.29) is 0 Å². The van der Waals surface area contributed by atoms with E-state index in [4.69, 9.17) is 0 Å². The SMILES string of the molecule is C=C/C=C\C(CCC[CH-]C)CCCCC(CCC)CCCC/C=C\C(CC)CC(C)C(=C)/C(=C\C)CCC=C. The lowest BCUT2D eigenvalue weighted by Gasteiger charge is -2.21. The highest BCUT2D eigenvalue weighted by atomic mass is 14.2. The van der Waals surface area contributed by atoms with Gasteiger partial charge in [-0.05, 0) is 93.1 Å². The Bertz CT molecular complexity index is 687. The summed E-state index contributed by atoms with van der Waals surface area (Å²) >= 11 is 0. The smallest absolute Gasteiger partial charge is 0.0188 e. The maximum absolute atomic E-state index is 4.45. The van der Waals surface area contributed by atoms with Crippen LogP contribution in [0.5, 0.6) is 0 Å². The molecule has 0 N–H and O–H groups in total. The van der Waals surface area contributed by atoms with Crippen molar-refractivity contribution in [3.63, 3.8) is 0 Å². The molecule has 0 bridgehead atoms. The number of hydrogen-bond donors (Lipinski definition) is 0. The van der Waals surface area contributed by atoms with Crippen LogP contribution in [-0.4, -0.2) is 0 Å². The third kappa shape index (κ3) is 20.0. The largest absolute Gasteiger partial charge is 0.332 e. The lowest BCUT2D eigenvalue weighted by atomic mass is 9.84. The van der Waals surface area contributed by atoms with E-state index in [2.05, 4.69) is 91.2 Å². The molecule has 0 aromatic rings. The first-order chi connectivity index (χ1) is 19.0. The average Bonchev–Trinajstić information content (AvgIpc) is 2.94. The quantitative estimate of drug-likeness (QED) is 0.0424. The summed E-state index contributed by atoms with van der Waals surface area (Å²) in [6.07, 6.45) is 40.0. The Hall–Kier alpha value is -1.56. The van der Waals surface area contributed by atoms with Crippen LogP contribution in [0.15, 0.2) is 73.4 Å². The first-order valence-electron chi connectivity index (χ1n) is 16.7. The second kappa shape index (κ2) is 26.7. The monoisotopic (exact) mass is 536 g/mol. The Balaban J connectivity index is 4.40. The summed E-state index contributed by atoms with van der Waals surface area (Å²) in [5.74, 6) is 2.85. The van der Waals surface area contributed by atoms with E-state index >= 15 is 0 Å². The summed E-state index contributed by atoms with van der Waals surface area (Å²) in [6.45, 7) is 23.5. The molecule has 0 aliphatic rings. The number of rotatable bonds is 27. The molecule has 0 aromatic heterocycles. The molecule has 0 nitrogen and oxygen atoms in total. The molecule has 0 aliphatic carbocycles. The van der Waals surface area contributed by atoms with Crippen LogP contribution in [0.2, 0.25) is 0 Å². The molecule has 0 radical (unpaired) electrons. The first-order valence-corrected chi connectivity index (χ1v) is 16.7. The zero-order valence-corrected chi connectivity index (χ0v) is 27.1. The molecule has 4 atom stereocenters. The summed E-state index contributed by atoms with van der Waals surface area (Å²) in [5.41, 5.74) is 2.74. The van der Waals surface area contributed by atoms with Crippen molar-refractivity contribution < 1.29 is 0 Å². The maximum atomic E-state index is 4.45. The lowest BCUT2D eigenvalue weighted by molar-refractivity contribution is 0.374. The second-order valence-corrected chi connectivity index (χ2v) is 11.8. The summed E-state index contributed by atoms with van der Waals surface area (Å²) in [4.78, 5) is 0. The van der Waals surface area contributed by atoms with E-state index in [1.54, 1.807) is 0 Å². The third-order valence-electron chi connectivity index (χ3n) is 8.52. The van der Waals surface area contributed by atoms with Gasteiger partial charge in [0, 0.05) is 0 Å². The van der Waals surface area contributed by atoms with E-state index in [1.807, 2.05) is 12.2 Å². The minimum Gasteiger partial charge on any atom is -0.332 e. The van der Waals surface area contributed by atoms with E-state index in [0.717, 1.165) is 24.7 Å². The number of hydrogen-bond acceptors (Lipinski definition) is 0. The van der Waals surface area contributed by atoms with Crippen molar-refractivity contribution in [2.45, 2.75) is 144 Å². The number of allylic oxidation sites excluding steroid dienone is 9. The minimum absolute atomic E-state index is 0.536. The van der Waals surface area contributed by atoms with Crippen molar-refractivity contribution in [3.8, 4) is 0 Å². The van der Waals surface area contributed by atoms with Gasteiger partial charge in [-0.2, -0.15) is 13.3 Å². The molecule has 0 aliphatic heterocycles. The Morgan fingerprint density at radius 2 is 1.54 bits per heavy atom. The molecule has 0 heterocycles. The summed E-state index contributed by atoms with van der Waals surface area (Å²) < 4.78 is 0. The van der Waals surface area contributed by atoms with Gasteiger partial charge in [-0.1, -0.05) is 128 Å². The van der Waals surface area contributed by atoms with Gasteiger partial charge in [-0.25, -0.2) is 0 Å². The minimum atomic E-state index is 0.536. The van der Waals surface area contributed by atoms with Gasteiger partial charge in [0.2, 0.25) is 0 Å². The van der Waals surface area contributed by atoms with Gasteiger partial charge < -0.3 is 6.42 Å². The molecular weight excluding hydrogens is 468 g/mol. The fraction of sp³-hybridized carbons (Fsp3) is 0.667. The van der Waals surface area contributed by atoms with Gasteiger partial charge in [0.05, 0.1) is 0 Å². The Labute approximate surface area is 246 Å². The van der Waals surface area contributed by atoms with Gasteiger partial charge in [-0.15, -0.1) is 6.58 Å². The second-order valence-electron chi connectivity index (χ2n) is 11.8. The molecule has 0 heteroatoms. The molecule has 0 spiro atoms. The maximum Gasteiger partial charge on any atom is -0.0188 e. The van der Waals surface area contributed by atoms with Crippen LogP contribution in [0.3, 0.4) is 0 Å². The van der Waals surface area contributed by atoms with Crippen LogP contribution in [0.4, 0.5) is 0 Å². The number of unbranched alkanes of at least 4 members (excludes halogenated alkanes) is 5.